The zero-order valence-electron chi connectivity index (χ0n) is 11.8. The Labute approximate surface area is 114 Å². The topological polar surface area (TPSA) is 52.6 Å². The number of nitrogens with one attached hydrogen (secondary N) is 1. The average Bonchev–Trinajstić information content (AvgIpc) is 2.98. The van der Waals surface area contributed by atoms with E-state index in [4.69, 9.17) is 14.2 Å². The van der Waals surface area contributed by atoms with Gasteiger partial charge in [-0.2, -0.15) is 0 Å². The standard InChI is InChI=1S/C14H22N2O3/c1-10(11-5-7-19-9-11)16-8-12-14(18-3)13(17-2)4-6-15-12/h4,6,10-11,16H,5,7-9H2,1-3H3. The van der Waals surface area contributed by atoms with Crippen molar-refractivity contribution in [1.82, 2.24) is 10.3 Å². The Bertz CT molecular complexity index is 406. The fraction of sp³-hybridized carbons (Fsp3) is 0.643. The largest absolute Gasteiger partial charge is 0.493 e. The quantitative estimate of drug-likeness (QED) is 0.848. The molecule has 5 heteroatoms. The number of hydrogen-bond acceptors (Lipinski definition) is 5. The molecular weight excluding hydrogens is 244 g/mol. The van der Waals surface area contributed by atoms with Crippen molar-refractivity contribution in [2.45, 2.75) is 25.9 Å². The summed E-state index contributed by atoms with van der Waals surface area (Å²) in [6.07, 6.45) is 2.86. The Morgan fingerprint density at radius 2 is 2.32 bits per heavy atom. The lowest BCUT2D eigenvalue weighted by molar-refractivity contribution is 0.178. The zero-order valence-corrected chi connectivity index (χ0v) is 11.8. The lowest BCUT2D eigenvalue weighted by atomic mass is 10.0. The van der Waals surface area contributed by atoms with Gasteiger partial charge in [0.15, 0.2) is 11.5 Å². The highest BCUT2D eigenvalue weighted by Gasteiger charge is 2.22. The van der Waals surface area contributed by atoms with Crippen LogP contribution in [-0.4, -0.2) is 38.5 Å². The molecule has 1 aromatic heterocycles. The molecule has 1 aliphatic heterocycles. The van der Waals surface area contributed by atoms with E-state index in [9.17, 15) is 0 Å². The van der Waals surface area contributed by atoms with E-state index >= 15 is 0 Å². The van der Waals surface area contributed by atoms with Crippen LogP contribution < -0.4 is 14.8 Å². The van der Waals surface area contributed by atoms with E-state index < -0.39 is 0 Å². The first kappa shape index (κ1) is 14.1. The van der Waals surface area contributed by atoms with E-state index in [1.807, 2.05) is 0 Å². The molecule has 1 aromatic rings. The Hall–Kier alpha value is -1.33. The molecule has 0 amide bonds. The van der Waals surface area contributed by atoms with Gasteiger partial charge in [0.1, 0.15) is 0 Å². The van der Waals surface area contributed by atoms with E-state index in [2.05, 4.69) is 17.2 Å². The molecule has 0 bridgehead atoms. The van der Waals surface area contributed by atoms with Crippen LogP contribution in [-0.2, 0) is 11.3 Å². The van der Waals surface area contributed by atoms with E-state index in [-0.39, 0.29) is 0 Å². The molecule has 106 valence electrons. The zero-order chi connectivity index (χ0) is 13.7. The van der Waals surface area contributed by atoms with Crippen LogP contribution in [0.4, 0.5) is 0 Å². The maximum Gasteiger partial charge on any atom is 0.183 e. The van der Waals surface area contributed by atoms with Gasteiger partial charge in [-0.05, 0) is 19.3 Å². The van der Waals surface area contributed by atoms with Crippen LogP contribution in [0.15, 0.2) is 12.3 Å². The molecule has 2 heterocycles. The van der Waals surface area contributed by atoms with Crippen LogP contribution in [0.2, 0.25) is 0 Å². The van der Waals surface area contributed by atoms with Crippen molar-refractivity contribution in [3.05, 3.63) is 18.0 Å². The van der Waals surface area contributed by atoms with Gasteiger partial charge in [-0.25, -0.2) is 0 Å². The van der Waals surface area contributed by atoms with Gasteiger partial charge < -0.3 is 19.5 Å². The third-order valence-corrected chi connectivity index (χ3v) is 3.63. The number of pyridine rings is 1. The van der Waals surface area contributed by atoms with Gasteiger partial charge in [0.25, 0.3) is 0 Å². The number of rotatable bonds is 6. The predicted octanol–water partition coefficient (Wildman–Crippen LogP) is 1.61. The number of nitrogens with zero attached hydrogens (tertiary/aromatic N) is 1. The minimum atomic E-state index is 0.403. The fourth-order valence-electron chi connectivity index (χ4n) is 2.35. The maximum atomic E-state index is 5.41. The first-order valence-electron chi connectivity index (χ1n) is 6.63. The maximum absolute atomic E-state index is 5.41. The molecule has 0 aliphatic carbocycles. The highest BCUT2D eigenvalue weighted by atomic mass is 16.5. The van der Waals surface area contributed by atoms with Crippen LogP contribution in [0.25, 0.3) is 0 Å². The van der Waals surface area contributed by atoms with Crippen molar-refractivity contribution in [3.63, 3.8) is 0 Å². The molecule has 0 radical (unpaired) electrons. The van der Waals surface area contributed by atoms with Crippen molar-refractivity contribution in [3.8, 4) is 11.5 Å². The number of hydrogen-bond donors (Lipinski definition) is 1. The van der Waals surface area contributed by atoms with Crippen LogP contribution in [0.1, 0.15) is 19.0 Å². The lowest BCUT2D eigenvalue weighted by Gasteiger charge is -2.20. The van der Waals surface area contributed by atoms with Gasteiger partial charge in [0.05, 0.1) is 26.5 Å². The predicted molar refractivity (Wildman–Crippen MR) is 72.6 cm³/mol. The third-order valence-electron chi connectivity index (χ3n) is 3.63. The normalized spacial score (nSPS) is 20.3. The van der Waals surface area contributed by atoms with Gasteiger partial charge in [0, 0.05) is 31.5 Å². The number of ether oxygens (including phenoxy) is 3. The summed E-state index contributed by atoms with van der Waals surface area (Å²) in [6, 6.07) is 2.21. The molecule has 2 rings (SSSR count). The van der Waals surface area contributed by atoms with Crippen LogP contribution >= 0.6 is 0 Å². The van der Waals surface area contributed by atoms with Crippen molar-refractivity contribution >= 4 is 0 Å². The molecule has 1 aliphatic rings. The summed E-state index contributed by atoms with van der Waals surface area (Å²) < 4.78 is 16.1. The van der Waals surface area contributed by atoms with Gasteiger partial charge in [0.2, 0.25) is 0 Å². The first-order chi connectivity index (χ1) is 9.26. The SMILES string of the molecule is COc1ccnc(CNC(C)C2CCOC2)c1OC. The van der Waals surface area contributed by atoms with Crippen LogP contribution in [0.5, 0.6) is 11.5 Å². The van der Waals surface area contributed by atoms with E-state index in [0.29, 0.717) is 30.0 Å². The molecule has 2 unspecified atom stereocenters. The van der Waals surface area contributed by atoms with Crippen molar-refractivity contribution in [1.29, 1.82) is 0 Å². The highest BCUT2D eigenvalue weighted by molar-refractivity contribution is 5.42. The summed E-state index contributed by atoms with van der Waals surface area (Å²) in [4.78, 5) is 4.36. The molecule has 2 atom stereocenters. The van der Waals surface area contributed by atoms with Gasteiger partial charge in [-0.15, -0.1) is 0 Å². The number of methoxy groups -OCH3 is 2. The van der Waals surface area contributed by atoms with E-state index in [0.717, 1.165) is 25.3 Å². The smallest absolute Gasteiger partial charge is 0.183 e. The molecule has 19 heavy (non-hydrogen) atoms. The average molecular weight is 266 g/mol. The Kier molecular flexibility index (Phi) is 4.99. The van der Waals surface area contributed by atoms with E-state index in [1.165, 1.54) is 0 Å². The summed E-state index contributed by atoms with van der Waals surface area (Å²) in [5, 5.41) is 3.49. The monoisotopic (exact) mass is 266 g/mol. The summed E-state index contributed by atoms with van der Waals surface area (Å²) in [5.74, 6) is 2.00. The van der Waals surface area contributed by atoms with Crippen molar-refractivity contribution < 1.29 is 14.2 Å². The summed E-state index contributed by atoms with van der Waals surface area (Å²) >= 11 is 0. The molecule has 1 fully saturated rings. The summed E-state index contributed by atoms with van der Waals surface area (Å²) in [5.41, 5.74) is 0.868. The Morgan fingerprint density at radius 1 is 1.47 bits per heavy atom. The minimum absolute atomic E-state index is 0.403. The van der Waals surface area contributed by atoms with Crippen LogP contribution in [0, 0.1) is 5.92 Å². The molecule has 5 nitrogen and oxygen atoms in total. The second-order valence-electron chi connectivity index (χ2n) is 4.79. The Balaban J connectivity index is 1.98. The van der Waals surface area contributed by atoms with Crippen molar-refractivity contribution in [2.24, 2.45) is 5.92 Å². The fourth-order valence-corrected chi connectivity index (χ4v) is 2.35. The van der Waals surface area contributed by atoms with E-state index in [1.54, 1.807) is 26.5 Å². The first-order valence-corrected chi connectivity index (χ1v) is 6.63. The minimum Gasteiger partial charge on any atom is -0.493 e. The van der Waals surface area contributed by atoms with Crippen molar-refractivity contribution in [2.75, 3.05) is 27.4 Å². The number of aromatic nitrogens is 1. The second-order valence-corrected chi connectivity index (χ2v) is 4.79. The lowest BCUT2D eigenvalue weighted by Crippen LogP contribution is -2.33. The highest BCUT2D eigenvalue weighted by Crippen LogP contribution is 2.29. The molecule has 0 spiro atoms. The molecule has 1 saturated heterocycles. The summed E-state index contributed by atoms with van der Waals surface area (Å²) in [6.45, 7) is 4.57. The summed E-state index contributed by atoms with van der Waals surface area (Å²) in [7, 11) is 3.27. The van der Waals surface area contributed by atoms with Gasteiger partial charge in [-0.1, -0.05) is 0 Å². The second kappa shape index (κ2) is 6.73. The molecule has 0 saturated carbocycles. The Morgan fingerprint density at radius 3 is 2.95 bits per heavy atom. The van der Waals surface area contributed by atoms with Gasteiger partial charge in [-0.3, -0.25) is 4.98 Å². The molecule has 1 N–H and O–H groups in total. The molecular formula is C14H22N2O3. The molecule has 0 aromatic carbocycles. The third kappa shape index (κ3) is 3.36. The van der Waals surface area contributed by atoms with Crippen LogP contribution in [0.3, 0.4) is 0 Å². The van der Waals surface area contributed by atoms with Gasteiger partial charge >= 0.3 is 0 Å².